The van der Waals surface area contributed by atoms with E-state index in [0.717, 1.165) is 37.4 Å². The number of fused-ring (bicyclic) bond motifs is 1. The van der Waals surface area contributed by atoms with Crippen molar-refractivity contribution in [3.8, 4) is 0 Å². The largest absolute Gasteiger partial charge is 0.351 e. The maximum atomic E-state index is 12.5. The van der Waals surface area contributed by atoms with Gasteiger partial charge in [-0.1, -0.05) is 0 Å². The Hall–Kier alpha value is -2.44. The van der Waals surface area contributed by atoms with Gasteiger partial charge in [-0.2, -0.15) is 10.2 Å². The highest BCUT2D eigenvalue weighted by atomic mass is 16.2. The second kappa shape index (κ2) is 5.89. The molecule has 4 rings (SSSR count). The normalized spacial score (nSPS) is 17.3. The third kappa shape index (κ3) is 2.53. The van der Waals surface area contributed by atoms with Crippen molar-refractivity contribution in [2.45, 2.75) is 31.7 Å². The fourth-order valence-electron chi connectivity index (χ4n) is 3.45. The second-order valence-corrected chi connectivity index (χ2v) is 6.70. The van der Waals surface area contributed by atoms with Crippen molar-refractivity contribution in [1.29, 1.82) is 0 Å². The van der Waals surface area contributed by atoms with Crippen LogP contribution < -0.4 is 4.90 Å². The molecule has 0 bridgehead atoms. The topological polar surface area (TPSA) is 67.2 Å². The molecule has 0 N–H and O–H groups in total. The Kier molecular flexibility index (Phi) is 3.70. The van der Waals surface area contributed by atoms with Gasteiger partial charge in [0.1, 0.15) is 5.69 Å². The number of hydrogen-bond acceptors (Lipinski definition) is 5. The number of likely N-dealkylation sites (N-methyl/N-ethyl adjacent to an activating group) is 1. The molecule has 0 radical (unpaired) electrons. The van der Waals surface area contributed by atoms with Crippen molar-refractivity contribution in [2.75, 3.05) is 25.0 Å². The van der Waals surface area contributed by atoms with Gasteiger partial charge < -0.3 is 9.80 Å². The van der Waals surface area contributed by atoms with Gasteiger partial charge in [0.2, 0.25) is 0 Å². The molecule has 1 saturated heterocycles. The van der Waals surface area contributed by atoms with Crippen LogP contribution >= 0.6 is 0 Å². The summed E-state index contributed by atoms with van der Waals surface area (Å²) < 4.78 is 1.62. The maximum Gasteiger partial charge on any atom is 0.272 e. The summed E-state index contributed by atoms with van der Waals surface area (Å²) in [6, 6.07) is 4.13. The van der Waals surface area contributed by atoms with E-state index in [9.17, 15) is 4.79 Å². The van der Waals surface area contributed by atoms with Crippen LogP contribution in [0.3, 0.4) is 0 Å². The zero-order chi connectivity index (χ0) is 16.7. The summed E-state index contributed by atoms with van der Waals surface area (Å²) in [6.07, 6.45) is 6.26. The predicted molar refractivity (Wildman–Crippen MR) is 90.0 cm³/mol. The molecule has 0 unspecified atom stereocenters. The zero-order valence-corrected chi connectivity index (χ0v) is 14.1. The van der Waals surface area contributed by atoms with Crippen molar-refractivity contribution in [3.63, 3.8) is 0 Å². The van der Waals surface area contributed by atoms with E-state index in [2.05, 4.69) is 26.3 Å². The average molecular weight is 326 g/mol. The third-order valence-electron chi connectivity index (χ3n) is 5.15. The lowest BCUT2D eigenvalue weighted by molar-refractivity contribution is 0.0694. The van der Waals surface area contributed by atoms with E-state index < -0.39 is 0 Å². The first kappa shape index (κ1) is 15.1. The maximum absolute atomic E-state index is 12.5. The second-order valence-electron chi connectivity index (χ2n) is 6.70. The Bertz CT molecular complexity index is 764. The van der Waals surface area contributed by atoms with Gasteiger partial charge in [-0.15, -0.1) is 5.10 Å². The Morgan fingerprint density at radius 3 is 2.79 bits per heavy atom. The summed E-state index contributed by atoms with van der Waals surface area (Å²) in [4.78, 5) is 16.5. The Balaban J connectivity index is 1.41. The molecule has 1 aliphatic heterocycles. The number of aryl methyl sites for hydroxylation is 3. The molecule has 2 aromatic rings. The number of carbonyl (C=O) groups is 1. The molecule has 0 atom stereocenters. The van der Waals surface area contributed by atoms with Crippen LogP contribution in [0, 0.1) is 0 Å². The van der Waals surface area contributed by atoms with E-state index in [1.165, 1.54) is 18.4 Å². The molecule has 126 valence electrons. The number of anilines is 1. The number of amides is 1. The van der Waals surface area contributed by atoms with E-state index in [4.69, 9.17) is 0 Å². The molecule has 7 nitrogen and oxygen atoms in total. The monoisotopic (exact) mass is 326 g/mol. The van der Waals surface area contributed by atoms with Gasteiger partial charge in [0.25, 0.3) is 5.91 Å². The first-order chi connectivity index (χ1) is 11.6. The molecule has 1 amide bonds. The summed E-state index contributed by atoms with van der Waals surface area (Å²) in [6.45, 7) is 1.60. The minimum absolute atomic E-state index is 0.0103. The van der Waals surface area contributed by atoms with Crippen LogP contribution in [0.2, 0.25) is 0 Å². The van der Waals surface area contributed by atoms with Gasteiger partial charge in [0.05, 0.1) is 11.7 Å². The van der Waals surface area contributed by atoms with Crippen molar-refractivity contribution in [3.05, 3.63) is 35.3 Å². The molecule has 24 heavy (non-hydrogen) atoms. The standard InChI is InChI=1S/C17H22N6O/c1-21(17(24)15-7-8-18-22(15)2)13-10-23(11-13)16-9-12-5-3-4-6-14(12)19-20-16/h7-9,13H,3-6,10-11H2,1-2H3. The molecule has 7 heteroatoms. The van der Waals surface area contributed by atoms with Crippen molar-refractivity contribution in [1.82, 2.24) is 24.9 Å². The number of nitrogens with zero attached hydrogens (tertiary/aromatic N) is 6. The number of rotatable bonds is 3. The lowest BCUT2D eigenvalue weighted by Gasteiger charge is -2.44. The van der Waals surface area contributed by atoms with Crippen molar-refractivity contribution < 1.29 is 4.79 Å². The third-order valence-corrected chi connectivity index (χ3v) is 5.15. The molecular formula is C17H22N6O. The average Bonchev–Trinajstić information content (AvgIpc) is 2.98. The molecule has 0 saturated carbocycles. The summed E-state index contributed by atoms with van der Waals surface area (Å²) in [5.41, 5.74) is 3.11. The molecule has 1 fully saturated rings. The Morgan fingerprint density at radius 2 is 2.04 bits per heavy atom. The van der Waals surface area contributed by atoms with Gasteiger partial charge in [0.15, 0.2) is 5.82 Å². The molecular weight excluding hydrogens is 304 g/mol. The van der Waals surface area contributed by atoms with Crippen LogP contribution in [0.1, 0.15) is 34.6 Å². The first-order valence-electron chi connectivity index (χ1n) is 8.49. The summed E-state index contributed by atoms with van der Waals surface area (Å²) in [7, 11) is 3.65. The van der Waals surface area contributed by atoms with E-state index in [-0.39, 0.29) is 11.9 Å². The summed E-state index contributed by atoms with van der Waals surface area (Å²) in [5.74, 6) is 0.949. The van der Waals surface area contributed by atoms with Crippen molar-refractivity contribution in [2.24, 2.45) is 7.05 Å². The fourth-order valence-corrected chi connectivity index (χ4v) is 3.45. The minimum Gasteiger partial charge on any atom is -0.351 e. The van der Waals surface area contributed by atoms with E-state index in [0.29, 0.717) is 5.69 Å². The molecule has 1 aliphatic carbocycles. The Morgan fingerprint density at radius 1 is 1.25 bits per heavy atom. The van der Waals surface area contributed by atoms with E-state index in [1.54, 1.807) is 28.9 Å². The van der Waals surface area contributed by atoms with Crippen LogP contribution in [0.5, 0.6) is 0 Å². The van der Waals surface area contributed by atoms with Gasteiger partial charge >= 0.3 is 0 Å². The summed E-state index contributed by atoms with van der Waals surface area (Å²) >= 11 is 0. The van der Waals surface area contributed by atoms with Gasteiger partial charge in [0, 0.05) is 33.4 Å². The predicted octanol–water partition coefficient (Wildman–Crippen LogP) is 1.05. The highest BCUT2D eigenvalue weighted by molar-refractivity contribution is 5.92. The smallest absolute Gasteiger partial charge is 0.272 e. The van der Waals surface area contributed by atoms with Crippen LogP contribution in [-0.2, 0) is 19.9 Å². The molecule has 0 spiro atoms. The van der Waals surface area contributed by atoms with Crippen molar-refractivity contribution >= 4 is 11.7 Å². The number of carbonyl (C=O) groups excluding carboxylic acids is 1. The van der Waals surface area contributed by atoms with E-state index >= 15 is 0 Å². The minimum atomic E-state index is 0.0103. The summed E-state index contributed by atoms with van der Waals surface area (Å²) in [5, 5.41) is 12.8. The molecule has 0 aromatic carbocycles. The van der Waals surface area contributed by atoms with Gasteiger partial charge in [-0.3, -0.25) is 9.48 Å². The van der Waals surface area contributed by atoms with Crippen LogP contribution in [0.15, 0.2) is 18.3 Å². The van der Waals surface area contributed by atoms with Crippen LogP contribution in [0.25, 0.3) is 0 Å². The van der Waals surface area contributed by atoms with Gasteiger partial charge in [-0.05, 0) is 43.4 Å². The van der Waals surface area contributed by atoms with E-state index in [1.807, 2.05) is 7.05 Å². The highest BCUT2D eigenvalue weighted by Crippen LogP contribution is 2.26. The molecule has 2 aromatic heterocycles. The SMILES string of the molecule is CN(C(=O)c1ccnn1C)C1CN(c2cc3c(nn2)CCCC3)C1. The lowest BCUT2D eigenvalue weighted by atomic mass is 9.96. The number of hydrogen-bond donors (Lipinski definition) is 0. The quantitative estimate of drug-likeness (QED) is 0.843. The highest BCUT2D eigenvalue weighted by Gasteiger charge is 2.34. The van der Waals surface area contributed by atoms with Crippen LogP contribution in [0.4, 0.5) is 5.82 Å². The van der Waals surface area contributed by atoms with Gasteiger partial charge in [-0.25, -0.2) is 0 Å². The first-order valence-corrected chi connectivity index (χ1v) is 8.49. The number of aromatic nitrogens is 4. The fraction of sp³-hybridized carbons (Fsp3) is 0.529. The Labute approximate surface area is 141 Å². The zero-order valence-electron chi connectivity index (χ0n) is 14.1. The lowest BCUT2D eigenvalue weighted by Crippen LogP contribution is -2.60. The van der Waals surface area contributed by atoms with Crippen LogP contribution in [-0.4, -0.2) is 57.0 Å². The molecule has 2 aliphatic rings. The molecule has 3 heterocycles.